The molecule has 2 aromatic carbocycles. The highest BCUT2D eigenvalue weighted by molar-refractivity contribution is 5.81. The van der Waals surface area contributed by atoms with Crippen molar-refractivity contribution in [3.63, 3.8) is 0 Å². The van der Waals surface area contributed by atoms with Crippen LogP contribution >= 0.6 is 0 Å². The molecule has 4 aliphatic rings. The predicted octanol–water partition coefficient (Wildman–Crippen LogP) is 9.56. The normalized spacial score (nSPS) is 18.9. The minimum Gasteiger partial charge on any atom is -0.444 e. The second-order valence-corrected chi connectivity index (χ2v) is 18.2. The summed E-state index contributed by atoms with van der Waals surface area (Å²) in [6.07, 6.45) is 11.9. The molecule has 3 aliphatic heterocycles. The third kappa shape index (κ3) is 12.7. The predicted molar refractivity (Wildman–Crippen MR) is 218 cm³/mol. The molecule has 14 nitrogen and oxygen atoms in total. The number of aryl methyl sites for hydroxylation is 2. The molecule has 1 aliphatic carbocycles. The number of piperidine rings is 2. The lowest BCUT2D eigenvalue weighted by Gasteiger charge is -2.45. The van der Waals surface area contributed by atoms with Crippen LogP contribution in [0.5, 0.6) is 0 Å². The van der Waals surface area contributed by atoms with E-state index in [0.717, 1.165) is 62.0 Å². The van der Waals surface area contributed by atoms with E-state index >= 15 is 0 Å². The Morgan fingerprint density at radius 3 is 1.63 bits per heavy atom. The molecule has 14 heteroatoms. The monoisotopic (exact) mass is 793 g/mol. The molecule has 0 atom stereocenters. The van der Waals surface area contributed by atoms with Crippen molar-refractivity contribution >= 4 is 29.8 Å². The average molecular weight is 794 g/mol. The number of benzene rings is 2. The van der Waals surface area contributed by atoms with Crippen molar-refractivity contribution in [1.29, 1.82) is 0 Å². The van der Waals surface area contributed by atoms with Gasteiger partial charge in [0.2, 0.25) is 0 Å². The molecule has 2 aromatic rings. The first-order valence-electron chi connectivity index (χ1n) is 20.3. The Morgan fingerprint density at radius 2 is 1.16 bits per heavy atom. The van der Waals surface area contributed by atoms with E-state index in [9.17, 15) is 34.6 Å². The van der Waals surface area contributed by atoms with Crippen molar-refractivity contribution in [3.05, 3.63) is 78.9 Å². The van der Waals surface area contributed by atoms with E-state index in [1.807, 2.05) is 65.5 Å². The SMILES string of the molecule is CC(C)(C)OC(=O)N1CCC2(CCCC2)CC1.Cc1ccc(C=O)c([N+](=O)[O-])c1.Cc1ccc(CN2CCCC23CCN(C(=O)OC(C)(C)C)CC3)c([N+](=O)[O-])c1. The Labute approximate surface area is 337 Å². The summed E-state index contributed by atoms with van der Waals surface area (Å²) in [4.78, 5) is 61.7. The van der Waals surface area contributed by atoms with Crippen molar-refractivity contribution in [3.8, 4) is 0 Å². The summed E-state index contributed by atoms with van der Waals surface area (Å²) in [5, 5.41) is 21.9. The van der Waals surface area contributed by atoms with E-state index in [-0.39, 0.29) is 45.2 Å². The number of rotatable bonds is 5. The number of aldehydes is 1. The number of nitro benzene ring substituents is 2. The number of hydrogen-bond acceptors (Lipinski definition) is 10. The van der Waals surface area contributed by atoms with Crippen LogP contribution in [0.3, 0.4) is 0 Å². The molecule has 2 amide bonds. The molecule has 314 valence electrons. The maximum absolute atomic E-state index is 12.4. The van der Waals surface area contributed by atoms with Gasteiger partial charge in [-0.2, -0.15) is 0 Å². The molecule has 0 bridgehead atoms. The molecule has 3 saturated heterocycles. The van der Waals surface area contributed by atoms with Crippen molar-refractivity contribution in [2.75, 3.05) is 32.7 Å². The van der Waals surface area contributed by atoms with Crippen LogP contribution in [0.15, 0.2) is 36.4 Å². The highest BCUT2D eigenvalue weighted by Crippen LogP contribution is 2.46. The Kier molecular flexibility index (Phi) is 14.9. The van der Waals surface area contributed by atoms with Crippen molar-refractivity contribution in [2.24, 2.45) is 5.41 Å². The molecule has 0 aromatic heterocycles. The smallest absolute Gasteiger partial charge is 0.410 e. The fourth-order valence-corrected chi connectivity index (χ4v) is 8.45. The van der Waals surface area contributed by atoms with Gasteiger partial charge in [-0.1, -0.05) is 31.0 Å². The largest absolute Gasteiger partial charge is 0.444 e. The minimum absolute atomic E-state index is 0.0251. The molecule has 1 saturated carbocycles. The summed E-state index contributed by atoms with van der Waals surface area (Å²) in [6, 6.07) is 9.97. The second kappa shape index (κ2) is 18.8. The number of carbonyl (C=O) groups excluding carboxylic acids is 3. The first kappa shape index (κ1) is 45.1. The molecule has 2 spiro atoms. The van der Waals surface area contributed by atoms with Gasteiger partial charge in [0.1, 0.15) is 11.2 Å². The molecule has 0 N–H and O–H groups in total. The summed E-state index contributed by atoms with van der Waals surface area (Å²) in [7, 11) is 0. The molecule has 0 radical (unpaired) electrons. The average Bonchev–Trinajstić information content (AvgIpc) is 3.75. The van der Waals surface area contributed by atoms with Gasteiger partial charge in [-0.25, -0.2) is 9.59 Å². The van der Waals surface area contributed by atoms with Crippen LogP contribution in [0.4, 0.5) is 21.0 Å². The highest BCUT2D eigenvalue weighted by atomic mass is 16.6. The van der Waals surface area contributed by atoms with Gasteiger partial charge >= 0.3 is 12.2 Å². The van der Waals surface area contributed by atoms with Crippen LogP contribution in [-0.2, 0) is 16.0 Å². The molecule has 3 heterocycles. The third-order valence-electron chi connectivity index (χ3n) is 11.5. The topological polar surface area (TPSA) is 166 Å². The van der Waals surface area contributed by atoms with Gasteiger partial charge < -0.3 is 19.3 Å². The van der Waals surface area contributed by atoms with Crippen LogP contribution in [0, 0.1) is 39.5 Å². The number of nitro groups is 2. The molecular formula is C43H63N5O9. The summed E-state index contributed by atoms with van der Waals surface area (Å²) >= 11 is 0. The van der Waals surface area contributed by atoms with E-state index in [1.165, 1.54) is 50.7 Å². The van der Waals surface area contributed by atoms with E-state index in [1.54, 1.807) is 24.0 Å². The van der Waals surface area contributed by atoms with Gasteiger partial charge in [-0.15, -0.1) is 0 Å². The first-order chi connectivity index (χ1) is 26.6. The van der Waals surface area contributed by atoms with Gasteiger partial charge in [0.05, 0.1) is 15.4 Å². The number of likely N-dealkylation sites (tertiary alicyclic amines) is 3. The summed E-state index contributed by atoms with van der Waals surface area (Å²) in [5.74, 6) is 0. The van der Waals surface area contributed by atoms with Crippen LogP contribution < -0.4 is 0 Å². The van der Waals surface area contributed by atoms with Gasteiger partial charge in [-0.3, -0.25) is 29.9 Å². The molecular weight excluding hydrogens is 730 g/mol. The number of amides is 2. The van der Waals surface area contributed by atoms with E-state index in [4.69, 9.17) is 9.47 Å². The lowest BCUT2D eigenvalue weighted by atomic mass is 9.77. The third-order valence-corrected chi connectivity index (χ3v) is 11.5. The number of nitrogens with zero attached hydrogens (tertiary/aromatic N) is 5. The van der Waals surface area contributed by atoms with Crippen LogP contribution in [0.1, 0.15) is 133 Å². The van der Waals surface area contributed by atoms with Crippen molar-refractivity contribution in [1.82, 2.24) is 14.7 Å². The van der Waals surface area contributed by atoms with E-state index in [0.29, 0.717) is 31.3 Å². The van der Waals surface area contributed by atoms with Crippen LogP contribution in [0.2, 0.25) is 0 Å². The first-order valence-corrected chi connectivity index (χ1v) is 20.3. The molecule has 6 rings (SSSR count). The number of ether oxygens (including phenoxy) is 2. The summed E-state index contributed by atoms with van der Waals surface area (Å²) in [6.45, 7) is 19.7. The van der Waals surface area contributed by atoms with Gasteiger partial charge in [0.25, 0.3) is 11.4 Å². The Bertz CT molecular complexity index is 1740. The summed E-state index contributed by atoms with van der Waals surface area (Å²) < 4.78 is 10.9. The Morgan fingerprint density at radius 1 is 0.684 bits per heavy atom. The lowest BCUT2D eigenvalue weighted by Crippen LogP contribution is -2.53. The standard InChI is InChI=1S/C21H31N3O4.C14H25NO2.C8H7NO3/c1-16-6-7-17(18(14-16)24(26)27)15-23-11-5-8-21(23)9-12-22(13-10-21)19(25)28-20(2,3)4;1-13(2,3)17-12(16)15-10-8-14(9-11-15)6-4-5-7-14;1-6-2-3-7(5-10)8(4-6)9(11)12/h6-7,14H,5,8-13,15H2,1-4H3;4-11H2,1-3H3;2-5H,1H3. The lowest BCUT2D eigenvalue weighted by molar-refractivity contribution is -0.385. The maximum atomic E-state index is 12.4. The summed E-state index contributed by atoms with van der Waals surface area (Å²) in [5.41, 5.74) is 2.35. The minimum atomic E-state index is -0.559. The second-order valence-electron chi connectivity index (χ2n) is 18.2. The zero-order valence-electron chi connectivity index (χ0n) is 35.3. The Balaban J connectivity index is 0.000000210. The highest BCUT2D eigenvalue weighted by Gasteiger charge is 2.45. The zero-order chi connectivity index (χ0) is 42.2. The van der Waals surface area contributed by atoms with Crippen LogP contribution in [0.25, 0.3) is 0 Å². The fourth-order valence-electron chi connectivity index (χ4n) is 8.45. The van der Waals surface area contributed by atoms with Gasteiger partial charge in [-0.05, 0) is 136 Å². The van der Waals surface area contributed by atoms with Crippen molar-refractivity contribution < 1.29 is 33.7 Å². The van der Waals surface area contributed by atoms with Crippen LogP contribution in [-0.4, -0.2) is 92.5 Å². The van der Waals surface area contributed by atoms with Gasteiger partial charge in [0, 0.05) is 56.0 Å². The fraction of sp³-hybridized carbons (Fsp3) is 0.651. The van der Waals surface area contributed by atoms with E-state index in [2.05, 4.69) is 4.90 Å². The Hall–Kier alpha value is -4.59. The van der Waals surface area contributed by atoms with Gasteiger partial charge in [0.15, 0.2) is 6.29 Å². The number of hydrogen-bond donors (Lipinski definition) is 0. The van der Waals surface area contributed by atoms with E-state index < -0.39 is 10.5 Å². The number of carbonyl (C=O) groups is 3. The molecule has 57 heavy (non-hydrogen) atoms. The zero-order valence-corrected chi connectivity index (χ0v) is 35.3. The maximum Gasteiger partial charge on any atom is 0.410 e. The van der Waals surface area contributed by atoms with Crippen molar-refractivity contribution in [2.45, 2.75) is 143 Å². The quantitative estimate of drug-likeness (QED) is 0.162. The molecule has 0 unspecified atom stereocenters. The molecule has 4 fully saturated rings.